The Kier molecular flexibility index (Phi) is 5.43. The summed E-state index contributed by atoms with van der Waals surface area (Å²) in [5, 5.41) is 6.02. The fourth-order valence-electron chi connectivity index (χ4n) is 4.07. The van der Waals surface area contributed by atoms with Gasteiger partial charge >= 0.3 is 10.3 Å². The molecular weight excluding hydrogens is 376 g/mol. The van der Waals surface area contributed by atoms with Gasteiger partial charge in [-0.15, -0.1) is 0 Å². The molecule has 2 heterocycles. The highest BCUT2D eigenvalue weighted by molar-refractivity contribution is 7.84. The van der Waals surface area contributed by atoms with Crippen LogP contribution in [0.5, 0.6) is 0 Å². The number of rotatable bonds is 7. The molecule has 28 heavy (non-hydrogen) atoms. The van der Waals surface area contributed by atoms with Crippen molar-refractivity contribution >= 4 is 21.3 Å². The van der Waals surface area contributed by atoms with Crippen molar-refractivity contribution in [1.29, 1.82) is 0 Å². The number of hydrogen-bond acceptors (Lipinski definition) is 5. The van der Waals surface area contributed by atoms with Gasteiger partial charge in [0.2, 0.25) is 0 Å². The number of benzene rings is 1. The van der Waals surface area contributed by atoms with E-state index in [1.165, 1.54) is 5.56 Å². The summed E-state index contributed by atoms with van der Waals surface area (Å²) < 4.78 is 29.0. The Morgan fingerprint density at radius 1 is 1.11 bits per heavy atom. The van der Waals surface area contributed by atoms with Crippen LogP contribution in [0.1, 0.15) is 36.6 Å². The van der Waals surface area contributed by atoms with E-state index in [2.05, 4.69) is 51.1 Å². The zero-order valence-electron chi connectivity index (χ0n) is 15.6. The summed E-state index contributed by atoms with van der Waals surface area (Å²) in [6.07, 6.45) is 8.23. The van der Waals surface area contributed by atoms with Crippen LogP contribution in [0, 0.1) is 5.92 Å². The van der Waals surface area contributed by atoms with Crippen molar-refractivity contribution in [2.75, 3.05) is 6.61 Å². The van der Waals surface area contributed by atoms with Gasteiger partial charge in [-0.2, -0.15) is 8.42 Å². The van der Waals surface area contributed by atoms with E-state index in [0.29, 0.717) is 0 Å². The molecule has 2 atom stereocenters. The summed E-state index contributed by atoms with van der Waals surface area (Å²) in [4.78, 5) is 9.02. The van der Waals surface area contributed by atoms with Crippen molar-refractivity contribution in [3.05, 3.63) is 60.2 Å². The molecule has 2 aromatic heterocycles. The summed E-state index contributed by atoms with van der Waals surface area (Å²) in [5.41, 5.74) is 3.29. The molecule has 0 spiro atoms. The molecule has 1 aliphatic rings. The van der Waals surface area contributed by atoms with Crippen molar-refractivity contribution in [2.24, 2.45) is 11.1 Å². The molecular formula is C20H24N4O3S. The van der Waals surface area contributed by atoms with E-state index in [-0.39, 0.29) is 18.6 Å². The third-order valence-corrected chi connectivity index (χ3v) is 5.92. The fraction of sp³-hybridized carbons (Fsp3) is 0.400. The van der Waals surface area contributed by atoms with Crippen LogP contribution in [0.4, 0.5) is 0 Å². The number of aryl methyl sites for hydroxylation is 2. The third-order valence-electron chi connectivity index (χ3n) is 5.46. The minimum absolute atomic E-state index is 0.145. The lowest BCUT2D eigenvalue weighted by atomic mass is 10.1. The molecule has 2 N–H and O–H groups in total. The third kappa shape index (κ3) is 4.40. The van der Waals surface area contributed by atoms with Crippen LogP contribution in [0.3, 0.4) is 0 Å². The highest BCUT2D eigenvalue weighted by Crippen LogP contribution is 2.37. The Labute approximate surface area is 164 Å². The standard InChI is InChI=1S/C20H24N4O3S/c21-28(25,26)27-13-16-6-8-17(12-16)24-11-10-18-19(22-14-23-20(18)24)9-7-15-4-2-1-3-5-15/h1-5,10-11,14,16-17H,6-9,12-13H2,(H2,21,25,26)/t16-,17-/m0/s1. The summed E-state index contributed by atoms with van der Waals surface area (Å²) in [6.45, 7) is 0.145. The number of nitrogens with zero attached hydrogens (tertiary/aromatic N) is 3. The van der Waals surface area contributed by atoms with Gasteiger partial charge in [-0.1, -0.05) is 30.3 Å². The van der Waals surface area contributed by atoms with Crippen molar-refractivity contribution < 1.29 is 12.6 Å². The Balaban J connectivity index is 1.47. The predicted octanol–water partition coefficient (Wildman–Crippen LogP) is 2.78. The number of hydrogen-bond donors (Lipinski definition) is 1. The maximum absolute atomic E-state index is 11.0. The Morgan fingerprint density at radius 3 is 2.71 bits per heavy atom. The average Bonchev–Trinajstić information content (AvgIpc) is 3.32. The molecule has 1 fully saturated rings. The molecule has 0 radical (unpaired) electrons. The van der Waals surface area contributed by atoms with E-state index >= 15 is 0 Å². The van der Waals surface area contributed by atoms with E-state index < -0.39 is 10.3 Å². The van der Waals surface area contributed by atoms with Crippen LogP contribution < -0.4 is 5.14 Å². The van der Waals surface area contributed by atoms with Gasteiger partial charge in [-0.25, -0.2) is 15.1 Å². The Morgan fingerprint density at radius 2 is 1.93 bits per heavy atom. The first-order chi connectivity index (χ1) is 13.5. The van der Waals surface area contributed by atoms with E-state index in [1.807, 2.05) is 6.07 Å². The lowest BCUT2D eigenvalue weighted by Crippen LogP contribution is -2.19. The molecule has 1 aliphatic carbocycles. The van der Waals surface area contributed by atoms with E-state index in [9.17, 15) is 8.42 Å². The van der Waals surface area contributed by atoms with E-state index in [0.717, 1.165) is 48.8 Å². The van der Waals surface area contributed by atoms with E-state index in [4.69, 9.17) is 9.32 Å². The highest BCUT2D eigenvalue weighted by atomic mass is 32.2. The summed E-state index contributed by atoms with van der Waals surface area (Å²) in [6, 6.07) is 12.8. The highest BCUT2D eigenvalue weighted by Gasteiger charge is 2.28. The van der Waals surface area contributed by atoms with Crippen LogP contribution in [0.25, 0.3) is 11.0 Å². The maximum Gasteiger partial charge on any atom is 0.333 e. The number of fused-ring (bicyclic) bond motifs is 1. The number of aromatic nitrogens is 3. The van der Waals surface area contributed by atoms with Crippen LogP contribution in [-0.2, 0) is 27.3 Å². The summed E-state index contributed by atoms with van der Waals surface area (Å²) in [5.74, 6) is 0.181. The van der Waals surface area contributed by atoms with Crippen molar-refractivity contribution in [2.45, 2.75) is 38.1 Å². The lowest BCUT2D eigenvalue weighted by Gasteiger charge is -2.14. The second-order valence-electron chi connectivity index (χ2n) is 7.38. The van der Waals surface area contributed by atoms with Gasteiger partial charge in [0, 0.05) is 17.6 Å². The molecule has 0 amide bonds. The second kappa shape index (κ2) is 7.98. The van der Waals surface area contributed by atoms with Crippen molar-refractivity contribution in [1.82, 2.24) is 14.5 Å². The molecule has 0 aliphatic heterocycles. The first-order valence-electron chi connectivity index (χ1n) is 9.51. The molecule has 0 saturated heterocycles. The van der Waals surface area contributed by atoms with Gasteiger partial charge in [-0.05, 0) is 49.7 Å². The number of nitrogens with two attached hydrogens (primary N) is 1. The normalized spacial score (nSPS) is 20.0. The van der Waals surface area contributed by atoms with Crippen LogP contribution in [0.15, 0.2) is 48.9 Å². The molecule has 0 bridgehead atoms. The molecule has 7 nitrogen and oxygen atoms in total. The smallest absolute Gasteiger partial charge is 0.329 e. The Bertz CT molecular complexity index is 1050. The van der Waals surface area contributed by atoms with Crippen molar-refractivity contribution in [3.8, 4) is 0 Å². The molecule has 1 aromatic carbocycles. The fourth-order valence-corrected chi connectivity index (χ4v) is 4.45. The van der Waals surface area contributed by atoms with Gasteiger partial charge in [0.15, 0.2) is 0 Å². The SMILES string of the molecule is NS(=O)(=O)OC[C@H]1CC[C@H](n2ccc3c(CCc4ccccc4)ncnc32)C1. The van der Waals surface area contributed by atoms with Gasteiger partial charge in [-0.3, -0.25) is 4.18 Å². The van der Waals surface area contributed by atoms with Crippen LogP contribution >= 0.6 is 0 Å². The average molecular weight is 401 g/mol. The van der Waals surface area contributed by atoms with Gasteiger partial charge in [0.1, 0.15) is 12.0 Å². The molecule has 148 valence electrons. The summed E-state index contributed by atoms with van der Waals surface area (Å²) >= 11 is 0. The molecule has 8 heteroatoms. The molecule has 3 aromatic rings. The quantitative estimate of drug-likeness (QED) is 0.657. The van der Waals surface area contributed by atoms with Gasteiger partial charge < -0.3 is 4.57 Å². The molecule has 0 unspecified atom stereocenters. The minimum Gasteiger partial charge on any atom is -0.329 e. The predicted molar refractivity (Wildman–Crippen MR) is 107 cm³/mol. The first kappa shape index (κ1) is 19.0. The molecule has 4 rings (SSSR count). The zero-order valence-corrected chi connectivity index (χ0v) is 16.4. The van der Waals surface area contributed by atoms with Crippen LogP contribution in [-0.4, -0.2) is 29.6 Å². The zero-order chi connectivity index (χ0) is 19.6. The van der Waals surface area contributed by atoms with E-state index in [1.54, 1.807) is 6.33 Å². The van der Waals surface area contributed by atoms with Gasteiger partial charge in [0.05, 0.1) is 12.3 Å². The molecule has 1 saturated carbocycles. The lowest BCUT2D eigenvalue weighted by molar-refractivity contribution is 0.253. The largest absolute Gasteiger partial charge is 0.333 e. The van der Waals surface area contributed by atoms with Crippen molar-refractivity contribution in [3.63, 3.8) is 0 Å². The first-order valence-corrected chi connectivity index (χ1v) is 11.0. The maximum atomic E-state index is 11.0. The monoisotopic (exact) mass is 400 g/mol. The summed E-state index contributed by atoms with van der Waals surface area (Å²) in [7, 11) is -3.88. The minimum atomic E-state index is -3.88. The Hall–Kier alpha value is -2.29. The second-order valence-corrected chi connectivity index (χ2v) is 8.60. The topological polar surface area (TPSA) is 100 Å². The van der Waals surface area contributed by atoms with Crippen LogP contribution in [0.2, 0.25) is 0 Å². The van der Waals surface area contributed by atoms with Gasteiger partial charge in [0.25, 0.3) is 0 Å².